The maximum absolute atomic E-state index is 5.48. The lowest BCUT2D eigenvalue weighted by Gasteiger charge is -2.09. The van der Waals surface area contributed by atoms with Crippen LogP contribution in [0.25, 0.3) is 0 Å². The second-order valence-corrected chi connectivity index (χ2v) is 3.19. The minimum Gasteiger partial charge on any atom is -0.421 e. The molecule has 1 rings (SSSR count). The largest absolute Gasteiger partial charge is 0.421 e. The van der Waals surface area contributed by atoms with E-state index in [1.807, 2.05) is 6.92 Å². The van der Waals surface area contributed by atoms with Crippen LogP contribution in [0.1, 0.15) is 45.0 Å². The fourth-order valence-electron chi connectivity index (χ4n) is 1.31. The summed E-state index contributed by atoms with van der Waals surface area (Å²) in [5, 5.41) is 11.2. The van der Waals surface area contributed by atoms with E-state index in [-0.39, 0.29) is 6.04 Å². The summed E-state index contributed by atoms with van der Waals surface area (Å²) in [4.78, 5) is 0. The number of nitrogens with one attached hydrogen (secondary N) is 1. The molecule has 0 saturated heterocycles. The smallest absolute Gasteiger partial charge is 0.242 e. The molecule has 5 nitrogen and oxygen atoms in total. The van der Waals surface area contributed by atoms with Crippen LogP contribution in [-0.4, -0.2) is 23.3 Å². The molecule has 1 aromatic heterocycles. The van der Waals surface area contributed by atoms with Crippen LogP contribution in [-0.2, 0) is 11.3 Å². The van der Waals surface area contributed by atoms with E-state index in [2.05, 4.69) is 29.4 Å². The Kier molecular flexibility index (Phi) is 5.28. The van der Waals surface area contributed by atoms with Crippen molar-refractivity contribution >= 4 is 0 Å². The molecule has 0 aliphatic carbocycles. The normalized spacial score (nSPS) is 13.0. The number of hydrogen-bond donors (Lipinski definition) is 1. The first-order chi connectivity index (χ1) is 7.31. The predicted molar refractivity (Wildman–Crippen MR) is 56.3 cm³/mol. The second-order valence-electron chi connectivity index (χ2n) is 3.19. The number of rotatable bonds is 7. The lowest BCUT2D eigenvalue weighted by molar-refractivity contribution is 0.112. The molecule has 15 heavy (non-hydrogen) atoms. The first kappa shape index (κ1) is 12.1. The molecule has 1 heterocycles. The monoisotopic (exact) mass is 213 g/mol. The molecule has 0 aliphatic heterocycles. The van der Waals surface area contributed by atoms with Crippen molar-refractivity contribution in [2.75, 3.05) is 13.2 Å². The van der Waals surface area contributed by atoms with Gasteiger partial charge < -0.3 is 14.5 Å². The highest BCUT2D eigenvalue weighted by Crippen LogP contribution is 2.14. The molecule has 5 heteroatoms. The molecule has 1 N–H and O–H groups in total. The lowest BCUT2D eigenvalue weighted by Crippen LogP contribution is -2.20. The average Bonchev–Trinajstić information content (AvgIpc) is 2.71. The third-order valence-electron chi connectivity index (χ3n) is 2.07. The third-order valence-corrected chi connectivity index (χ3v) is 2.07. The van der Waals surface area contributed by atoms with E-state index in [1.54, 1.807) is 0 Å². The molecular weight excluding hydrogens is 194 g/mol. The molecule has 0 fully saturated rings. The Bertz CT molecular complexity index is 275. The Labute approximate surface area is 90.2 Å². The van der Waals surface area contributed by atoms with Crippen molar-refractivity contribution in [3.63, 3.8) is 0 Å². The van der Waals surface area contributed by atoms with E-state index in [0.717, 1.165) is 13.0 Å². The quantitative estimate of drug-likeness (QED) is 0.746. The van der Waals surface area contributed by atoms with Crippen molar-refractivity contribution in [3.8, 4) is 0 Å². The van der Waals surface area contributed by atoms with Gasteiger partial charge in [0.05, 0.1) is 6.04 Å². The van der Waals surface area contributed by atoms with E-state index in [1.165, 1.54) is 0 Å². The molecule has 0 aliphatic rings. The summed E-state index contributed by atoms with van der Waals surface area (Å²) in [6, 6.07) is 0.151. The molecule has 1 aromatic rings. The van der Waals surface area contributed by atoms with Crippen molar-refractivity contribution in [3.05, 3.63) is 11.8 Å². The van der Waals surface area contributed by atoms with Gasteiger partial charge >= 0.3 is 0 Å². The van der Waals surface area contributed by atoms with Gasteiger partial charge in [-0.05, 0) is 19.9 Å². The van der Waals surface area contributed by atoms with Gasteiger partial charge in [-0.15, -0.1) is 10.2 Å². The molecule has 0 amide bonds. The van der Waals surface area contributed by atoms with Gasteiger partial charge in [-0.1, -0.05) is 13.8 Å². The van der Waals surface area contributed by atoms with Crippen LogP contribution in [0.5, 0.6) is 0 Å². The molecule has 0 saturated carbocycles. The maximum atomic E-state index is 5.48. The van der Waals surface area contributed by atoms with Gasteiger partial charge in [0.25, 0.3) is 0 Å². The number of hydrogen-bond acceptors (Lipinski definition) is 5. The van der Waals surface area contributed by atoms with Gasteiger partial charge in [0.15, 0.2) is 0 Å². The third kappa shape index (κ3) is 3.60. The van der Waals surface area contributed by atoms with Crippen LogP contribution in [0.2, 0.25) is 0 Å². The summed E-state index contributed by atoms with van der Waals surface area (Å²) in [6.45, 7) is 8.01. The summed E-state index contributed by atoms with van der Waals surface area (Å²) in [5.74, 6) is 1.19. The Morgan fingerprint density at radius 2 is 2.13 bits per heavy atom. The summed E-state index contributed by atoms with van der Waals surface area (Å²) in [6.07, 6.45) is 0.935. The van der Waals surface area contributed by atoms with E-state index >= 15 is 0 Å². The Morgan fingerprint density at radius 3 is 2.73 bits per heavy atom. The highest BCUT2D eigenvalue weighted by molar-refractivity contribution is 4.88. The minimum absolute atomic E-state index is 0.151. The Morgan fingerprint density at radius 1 is 1.33 bits per heavy atom. The summed E-state index contributed by atoms with van der Waals surface area (Å²) in [5.41, 5.74) is 0. The SMILES string of the molecule is CCNC(CC)c1nnc(COCC)o1. The zero-order valence-corrected chi connectivity index (χ0v) is 9.62. The number of aromatic nitrogens is 2. The zero-order chi connectivity index (χ0) is 11.1. The van der Waals surface area contributed by atoms with Crippen molar-refractivity contribution < 1.29 is 9.15 Å². The fraction of sp³-hybridized carbons (Fsp3) is 0.800. The van der Waals surface area contributed by atoms with Gasteiger partial charge in [-0.25, -0.2) is 0 Å². The predicted octanol–water partition coefficient (Wildman–Crippen LogP) is 1.67. The molecule has 86 valence electrons. The Hall–Kier alpha value is -0.940. The number of nitrogens with zero attached hydrogens (tertiary/aromatic N) is 2. The minimum atomic E-state index is 0.151. The van der Waals surface area contributed by atoms with Crippen LogP contribution < -0.4 is 5.32 Å². The van der Waals surface area contributed by atoms with Crippen LogP contribution in [0.15, 0.2) is 4.42 Å². The van der Waals surface area contributed by atoms with E-state index in [9.17, 15) is 0 Å². The highest BCUT2D eigenvalue weighted by atomic mass is 16.5. The van der Waals surface area contributed by atoms with Crippen molar-refractivity contribution in [2.45, 2.75) is 39.8 Å². The fourth-order valence-corrected chi connectivity index (χ4v) is 1.31. The number of ether oxygens (including phenoxy) is 1. The highest BCUT2D eigenvalue weighted by Gasteiger charge is 2.15. The average molecular weight is 213 g/mol. The van der Waals surface area contributed by atoms with Gasteiger partial charge in [0, 0.05) is 6.61 Å². The summed E-state index contributed by atoms with van der Waals surface area (Å²) >= 11 is 0. The van der Waals surface area contributed by atoms with Crippen molar-refractivity contribution in [1.29, 1.82) is 0 Å². The molecule has 0 radical (unpaired) electrons. The van der Waals surface area contributed by atoms with E-state index in [0.29, 0.717) is 25.0 Å². The Balaban J connectivity index is 2.56. The van der Waals surface area contributed by atoms with Crippen LogP contribution in [0, 0.1) is 0 Å². The lowest BCUT2D eigenvalue weighted by atomic mass is 10.2. The van der Waals surface area contributed by atoms with E-state index < -0.39 is 0 Å². The van der Waals surface area contributed by atoms with Gasteiger partial charge in [0.2, 0.25) is 11.8 Å². The molecule has 0 bridgehead atoms. The van der Waals surface area contributed by atoms with Crippen LogP contribution >= 0.6 is 0 Å². The van der Waals surface area contributed by atoms with E-state index in [4.69, 9.17) is 9.15 Å². The summed E-state index contributed by atoms with van der Waals surface area (Å²) in [7, 11) is 0. The molecular formula is C10H19N3O2. The topological polar surface area (TPSA) is 60.2 Å². The molecule has 0 spiro atoms. The van der Waals surface area contributed by atoms with Crippen molar-refractivity contribution in [2.24, 2.45) is 0 Å². The molecule has 0 aromatic carbocycles. The molecule has 1 unspecified atom stereocenters. The van der Waals surface area contributed by atoms with Gasteiger partial charge in [-0.2, -0.15) is 0 Å². The first-order valence-electron chi connectivity index (χ1n) is 5.45. The van der Waals surface area contributed by atoms with Crippen molar-refractivity contribution in [1.82, 2.24) is 15.5 Å². The summed E-state index contributed by atoms with van der Waals surface area (Å²) < 4.78 is 10.7. The zero-order valence-electron chi connectivity index (χ0n) is 9.62. The first-order valence-corrected chi connectivity index (χ1v) is 5.45. The van der Waals surface area contributed by atoms with Gasteiger partial charge in [-0.3, -0.25) is 0 Å². The maximum Gasteiger partial charge on any atom is 0.242 e. The van der Waals surface area contributed by atoms with Crippen LogP contribution in [0.3, 0.4) is 0 Å². The van der Waals surface area contributed by atoms with Gasteiger partial charge in [0.1, 0.15) is 6.61 Å². The second kappa shape index (κ2) is 6.53. The molecule has 1 atom stereocenters. The standard InChI is InChI=1S/C10H19N3O2/c1-4-8(11-5-2)10-13-12-9(15-10)7-14-6-3/h8,11H,4-7H2,1-3H3. The van der Waals surface area contributed by atoms with Crippen LogP contribution in [0.4, 0.5) is 0 Å².